The predicted molar refractivity (Wildman–Crippen MR) is 92.2 cm³/mol. The van der Waals surface area contributed by atoms with E-state index in [0.717, 1.165) is 16.9 Å². The molecule has 0 aromatic heterocycles. The van der Waals surface area contributed by atoms with Gasteiger partial charge in [0, 0.05) is 44.5 Å². The molecule has 0 radical (unpaired) electrons. The summed E-state index contributed by atoms with van der Waals surface area (Å²) >= 11 is 1.59. The van der Waals surface area contributed by atoms with Gasteiger partial charge in [0.1, 0.15) is 5.82 Å². The van der Waals surface area contributed by atoms with Crippen molar-refractivity contribution in [2.24, 2.45) is 4.99 Å². The van der Waals surface area contributed by atoms with Gasteiger partial charge in [-0.3, -0.25) is 9.79 Å². The Morgan fingerprint density at radius 2 is 2.30 bits per heavy atom. The maximum atomic E-state index is 13.4. The molecule has 1 atom stereocenters. The third-order valence-corrected chi connectivity index (χ3v) is 4.72. The molecule has 2 N–H and O–H groups in total. The van der Waals surface area contributed by atoms with Gasteiger partial charge in [0.25, 0.3) is 0 Å². The van der Waals surface area contributed by atoms with Crippen molar-refractivity contribution >= 4 is 23.6 Å². The lowest BCUT2D eigenvalue weighted by Crippen LogP contribution is -2.51. The fraction of sp³-hybridized carbons (Fsp3) is 0.500. The Labute approximate surface area is 140 Å². The summed E-state index contributed by atoms with van der Waals surface area (Å²) in [5.74, 6) is 0.597. The van der Waals surface area contributed by atoms with Crippen LogP contribution in [-0.4, -0.2) is 49.7 Å². The van der Waals surface area contributed by atoms with Gasteiger partial charge in [-0.2, -0.15) is 0 Å². The maximum absolute atomic E-state index is 13.4. The number of rotatable bonds is 4. The van der Waals surface area contributed by atoms with Gasteiger partial charge < -0.3 is 15.5 Å². The highest BCUT2D eigenvalue weighted by Gasteiger charge is 2.23. The number of nitrogens with one attached hydrogen (secondary N) is 2. The molecule has 0 bridgehead atoms. The van der Waals surface area contributed by atoms with Gasteiger partial charge in [0.05, 0.1) is 0 Å². The van der Waals surface area contributed by atoms with E-state index >= 15 is 0 Å². The Kier molecular flexibility index (Phi) is 6.27. The van der Waals surface area contributed by atoms with Crippen molar-refractivity contribution < 1.29 is 9.18 Å². The SMILES string of the molecule is CN=C(NCc1cc(F)ccc1SC)NC1CCC(=O)N(C)C1. The van der Waals surface area contributed by atoms with Crippen LogP contribution in [0.2, 0.25) is 0 Å². The van der Waals surface area contributed by atoms with Crippen LogP contribution in [0.4, 0.5) is 4.39 Å². The van der Waals surface area contributed by atoms with Gasteiger partial charge in [-0.05, 0) is 36.4 Å². The normalized spacial score (nSPS) is 19.0. The largest absolute Gasteiger partial charge is 0.352 e. The second-order valence-electron chi connectivity index (χ2n) is 5.54. The van der Waals surface area contributed by atoms with Crippen LogP contribution in [0.25, 0.3) is 0 Å². The Bertz CT molecular complexity index is 593. The van der Waals surface area contributed by atoms with E-state index in [9.17, 15) is 9.18 Å². The Morgan fingerprint density at radius 3 is 2.96 bits per heavy atom. The molecule has 1 saturated heterocycles. The molecule has 5 nitrogen and oxygen atoms in total. The number of aliphatic imine (C=N–C) groups is 1. The number of carbonyl (C=O) groups is 1. The van der Waals surface area contributed by atoms with E-state index < -0.39 is 0 Å². The van der Waals surface area contributed by atoms with Crippen LogP contribution in [0.5, 0.6) is 0 Å². The molecule has 126 valence electrons. The van der Waals surface area contributed by atoms with E-state index in [1.165, 1.54) is 6.07 Å². The number of halogens is 1. The lowest BCUT2D eigenvalue weighted by atomic mass is 10.1. The molecule has 1 heterocycles. The van der Waals surface area contributed by atoms with E-state index in [1.807, 2.05) is 13.3 Å². The van der Waals surface area contributed by atoms with Gasteiger partial charge in [-0.1, -0.05) is 0 Å². The zero-order valence-corrected chi connectivity index (χ0v) is 14.5. The number of guanidine groups is 1. The third-order valence-electron chi connectivity index (χ3n) is 3.88. The molecule has 0 saturated carbocycles. The van der Waals surface area contributed by atoms with Gasteiger partial charge in [0.2, 0.25) is 5.91 Å². The van der Waals surface area contributed by atoms with Crippen molar-refractivity contribution in [3.05, 3.63) is 29.6 Å². The number of likely N-dealkylation sites (N-methyl/N-ethyl adjacent to an activating group) is 1. The lowest BCUT2D eigenvalue weighted by Gasteiger charge is -2.31. The number of hydrogen-bond donors (Lipinski definition) is 2. The molecular formula is C16H23FN4OS. The first kappa shape index (κ1) is 17.6. The first-order chi connectivity index (χ1) is 11.0. The number of carbonyl (C=O) groups excluding carboxylic acids is 1. The fourth-order valence-corrected chi connectivity index (χ4v) is 3.18. The van der Waals surface area contributed by atoms with E-state index in [4.69, 9.17) is 0 Å². The van der Waals surface area contributed by atoms with Crippen molar-refractivity contribution in [3.63, 3.8) is 0 Å². The number of nitrogens with zero attached hydrogens (tertiary/aromatic N) is 2. The summed E-state index contributed by atoms with van der Waals surface area (Å²) in [5.41, 5.74) is 0.899. The molecule has 2 rings (SSSR count). The summed E-state index contributed by atoms with van der Waals surface area (Å²) in [6.07, 6.45) is 3.31. The first-order valence-corrected chi connectivity index (χ1v) is 8.79. The molecule has 1 unspecified atom stereocenters. The highest BCUT2D eigenvalue weighted by molar-refractivity contribution is 7.98. The van der Waals surface area contributed by atoms with Crippen LogP contribution in [0.1, 0.15) is 18.4 Å². The molecule has 23 heavy (non-hydrogen) atoms. The predicted octanol–water partition coefficient (Wildman–Crippen LogP) is 1.83. The molecule has 0 spiro atoms. The van der Waals surface area contributed by atoms with Crippen molar-refractivity contribution in [2.45, 2.75) is 30.3 Å². The molecule has 1 aromatic rings. The molecule has 1 aliphatic rings. The molecule has 1 fully saturated rings. The van der Waals surface area contributed by atoms with Crippen molar-refractivity contribution in [1.29, 1.82) is 0 Å². The summed E-state index contributed by atoms with van der Waals surface area (Å²) in [4.78, 5) is 18.5. The zero-order valence-electron chi connectivity index (χ0n) is 13.7. The second-order valence-corrected chi connectivity index (χ2v) is 6.38. The number of hydrogen-bond acceptors (Lipinski definition) is 3. The average molecular weight is 338 g/mol. The van der Waals surface area contributed by atoms with Gasteiger partial charge in [-0.25, -0.2) is 4.39 Å². The van der Waals surface area contributed by atoms with Crippen molar-refractivity contribution in [3.8, 4) is 0 Å². The highest BCUT2D eigenvalue weighted by Crippen LogP contribution is 2.21. The number of thioether (sulfide) groups is 1. The van der Waals surface area contributed by atoms with Gasteiger partial charge in [-0.15, -0.1) is 11.8 Å². The van der Waals surface area contributed by atoms with Crippen molar-refractivity contribution in [1.82, 2.24) is 15.5 Å². The summed E-state index contributed by atoms with van der Waals surface area (Å²) in [7, 11) is 3.51. The molecule has 1 aliphatic heterocycles. The van der Waals surface area contributed by atoms with E-state index in [2.05, 4.69) is 15.6 Å². The van der Waals surface area contributed by atoms with Crippen LogP contribution in [0, 0.1) is 5.82 Å². The second kappa shape index (κ2) is 8.19. The molecule has 1 aromatic carbocycles. The van der Waals surface area contributed by atoms with Crippen molar-refractivity contribution in [2.75, 3.05) is 26.9 Å². The number of amides is 1. The maximum Gasteiger partial charge on any atom is 0.222 e. The summed E-state index contributed by atoms with van der Waals surface area (Å²) < 4.78 is 13.4. The highest BCUT2D eigenvalue weighted by atomic mass is 32.2. The monoisotopic (exact) mass is 338 g/mol. The van der Waals surface area contributed by atoms with E-state index in [-0.39, 0.29) is 17.8 Å². The van der Waals surface area contributed by atoms with Crippen LogP contribution in [0.3, 0.4) is 0 Å². The molecule has 7 heteroatoms. The van der Waals surface area contributed by atoms with Crippen LogP contribution >= 0.6 is 11.8 Å². The smallest absolute Gasteiger partial charge is 0.222 e. The Hall–Kier alpha value is -1.76. The molecule has 0 aliphatic carbocycles. The lowest BCUT2D eigenvalue weighted by molar-refractivity contribution is -0.132. The minimum Gasteiger partial charge on any atom is -0.352 e. The standard InChI is InChI=1S/C16H23FN4OS/c1-18-16(20-13-5-7-15(22)21(2)10-13)19-9-11-8-12(17)4-6-14(11)23-3/h4,6,8,13H,5,7,9-10H2,1-3H3,(H2,18,19,20). The van der Waals surface area contributed by atoms with E-state index in [0.29, 0.717) is 25.5 Å². The Balaban J connectivity index is 1.93. The molecular weight excluding hydrogens is 315 g/mol. The van der Waals surface area contributed by atoms with Crippen LogP contribution in [-0.2, 0) is 11.3 Å². The third kappa shape index (κ3) is 4.86. The minimum absolute atomic E-state index is 0.176. The summed E-state index contributed by atoms with van der Waals surface area (Å²) in [5, 5.41) is 6.54. The topological polar surface area (TPSA) is 56.7 Å². The summed E-state index contributed by atoms with van der Waals surface area (Å²) in [6.45, 7) is 1.16. The Morgan fingerprint density at radius 1 is 1.52 bits per heavy atom. The number of benzene rings is 1. The minimum atomic E-state index is -0.241. The number of likely N-dealkylation sites (tertiary alicyclic amines) is 1. The fourth-order valence-electron chi connectivity index (χ4n) is 2.58. The molecule has 1 amide bonds. The van der Waals surface area contributed by atoms with Crippen LogP contribution in [0.15, 0.2) is 28.1 Å². The average Bonchev–Trinajstić information content (AvgIpc) is 2.55. The van der Waals surface area contributed by atoms with Gasteiger partial charge in [0.15, 0.2) is 5.96 Å². The quantitative estimate of drug-likeness (QED) is 0.500. The first-order valence-electron chi connectivity index (χ1n) is 7.57. The van der Waals surface area contributed by atoms with E-state index in [1.54, 1.807) is 35.8 Å². The summed E-state index contributed by atoms with van der Waals surface area (Å²) in [6, 6.07) is 4.97. The van der Waals surface area contributed by atoms with Gasteiger partial charge >= 0.3 is 0 Å². The zero-order chi connectivity index (χ0) is 16.8. The van der Waals surface area contributed by atoms with Crippen LogP contribution < -0.4 is 10.6 Å². The number of piperidine rings is 1.